The van der Waals surface area contributed by atoms with E-state index in [1.54, 1.807) is 25.1 Å². The standard InChI is InChI=1S/C17H25N3O3S/c1-13(19-24(22,23)16-5-3-2-4-6-16)17(21)20-9-7-14-11-18-12-15(14)8-10-20/h2-6,13-15,18-19H,7-12H2,1H3/t13?,14-,15+. The zero-order valence-corrected chi connectivity index (χ0v) is 14.8. The molecule has 0 aromatic heterocycles. The number of nitrogens with zero attached hydrogens (tertiary/aromatic N) is 1. The number of hydrogen-bond acceptors (Lipinski definition) is 4. The minimum atomic E-state index is -3.67. The van der Waals surface area contributed by atoms with Crippen LogP contribution in [0.4, 0.5) is 0 Å². The summed E-state index contributed by atoms with van der Waals surface area (Å²) in [5, 5.41) is 3.41. The van der Waals surface area contributed by atoms with Crippen LogP contribution >= 0.6 is 0 Å². The van der Waals surface area contributed by atoms with Gasteiger partial charge in [-0.25, -0.2) is 8.42 Å². The molecular formula is C17H25N3O3S. The second-order valence-corrected chi connectivity index (χ2v) is 8.45. The van der Waals surface area contributed by atoms with Gasteiger partial charge in [-0.05, 0) is 56.8 Å². The van der Waals surface area contributed by atoms with E-state index in [1.807, 2.05) is 4.90 Å². The third-order valence-electron chi connectivity index (χ3n) is 5.09. The van der Waals surface area contributed by atoms with Crippen molar-refractivity contribution in [2.45, 2.75) is 30.7 Å². The maximum atomic E-state index is 12.7. The molecule has 1 unspecified atom stereocenters. The van der Waals surface area contributed by atoms with Crippen LogP contribution in [0.5, 0.6) is 0 Å². The molecule has 2 heterocycles. The Morgan fingerprint density at radius 2 is 1.75 bits per heavy atom. The van der Waals surface area contributed by atoms with Gasteiger partial charge in [-0.1, -0.05) is 18.2 Å². The summed E-state index contributed by atoms with van der Waals surface area (Å²) in [6.45, 7) is 5.10. The van der Waals surface area contributed by atoms with Crippen LogP contribution < -0.4 is 10.0 Å². The summed E-state index contributed by atoms with van der Waals surface area (Å²) in [5.41, 5.74) is 0. The summed E-state index contributed by atoms with van der Waals surface area (Å²) < 4.78 is 27.2. The van der Waals surface area contributed by atoms with Gasteiger partial charge in [0.25, 0.3) is 0 Å². The Hall–Kier alpha value is -1.44. The Morgan fingerprint density at radius 3 is 2.33 bits per heavy atom. The molecule has 0 spiro atoms. The third kappa shape index (κ3) is 3.79. The Balaban J connectivity index is 1.62. The third-order valence-corrected chi connectivity index (χ3v) is 6.64. The molecule has 2 aliphatic rings. The van der Waals surface area contributed by atoms with Crippen molar-refractivity contribution in [3.05, 3.63) is 30.3 Å². The lowest BCUT2D eigenvalue weighted by Crippen LogP contribution is -2.47. The highest BCUT2D eigenvalue weighted by molar-refractivity contribution is 7.89. The van der Waals surface area contributed by atoms with E-state index in [-0.39, 0.29) is 10.8 Å². The van der Waals surface area contributed by atoms with E-state index in [4.69, 9.17) is 0 Å². The van der Waals surface area contributed by atoms with E-state index in [1.165, 1.54) is 12.1 Å². The van der Waals surface area contributed by atoms with E-state index in [0.29, 0.717) is 24.9 Å². The number of carbonyl (C=O) groups excluding carboxylic acids is 1. The summed E-state index contributed by atoms with van der Waals surface area (Å²) in [6, 6.07) is 7.40. The van der Waals surface area contributed by atoms with Gasteiger partial charge in [0.1, 0.15) is 0 Å². The summed E-state index contributed by atoms with van der Waals surface area (Å²) in [5.74, 6) is 1.14. The predicted molar refractivity (Wildman–Crippen MR) is 91.9 cm³/mol. The fraction of sp³-hybridized carbons (Fsp3) is 0.588. The normalized spacial score (nSPS) is 25.8. The lowest BCUT2D eigenvalue weighted by Gasteiger charge is -2.25. The maximum Gasteiger partial charge on any atom is 0.241 e. The van der Waals surface area contributed by atoms with Crippen molar-refractivity contribution >= 4 is 15.9 Å². The monoisotopic (exact) mass is 351 g/mol. The molecule has 2 aliphatic heterocycles. The van der Waals surface area contributed by atoms with Crippen LogP contribution in [0.15, 0.2) is 35.2 Å². The van der Waals surface area contributed by atoms with Crippen molar-refractivity contribution in [1.29, 1.82) is 0 Å². The Bertz CT molecular complexity index is 664. The molecule has 1 aromatic rings. The first-order valence-electron chi connectivity index (χ1n) is 8.54. The molecule has 7 heteroatoms. The average molecular weight is 351 g/mol. The van der Waals surface area contributed by atoms with Crippen LogP contribution in [0, 0.1) is 11.8 Å². The van der Waals surface area contributed by atoms with Crippen LogP contribution in [-0.4, -0.2) is 51.4 Å². The van der Waals surface area contributed by atoms with E-state index in [0.717, 1.165) is 25.9 Å². The number of carbonyl (C=O) groups is 1. The topological polar surface area (TPSA) is 78.5 Å². The first-order chi connectivity index (χ1) is 11.5. The summed E-state index contributed by atoms with van der Waals surface area (Å²) in [4.78, 5) is 14.7. The van der Waals surface area contributed by atoms with Crippen molar-refractivity contribution in [2.75, 3.05) is 26.2 Å². The lowest BCUT2D eigenvalue weighted by molar-refractivity contribution is -0.132. The Kier molecular flexibility index (Phi) is 5.22. The fourth-order valence-corrected chi connectivity index (χ4v) is 4.88. The number of sulfonamides is 1. The molecule has 1 amide bonds. The van der Waals surface area contributed by atoms with E-state index in [2.05, 4.69) is 10.0 Å². The quantitative estimate of drug-likeness (QED) is 0.842. The molecule has 0 aliphatic carbocycles. The predicted octanol–water partition coefficient (Wildman–Crippen LogP) is 0.811. The average Bonchev–Trinajstić information content (AvgIpc) is 2.93. The lowest BCUT2D eigenvalue weighted by atomic mass is 9.92. The minimum Gasteiger partial charge on any atom is -0.341 e. The maximum absolute atomic E-state index is 12.7. The molecule has 0 saturated carbocycles. The largest absolute Gasteiger partial charge is 0.341 e. The number of nitrogens with one attached hydrogen (secondary N) is 2. The fourth-order valence-electron chi connectivity index (χ4n) is 3.66. The SMILES string of the molecule is CC(NS(=O)(=O)c1ccccc1)C(=O)N1CC[C@@H]2CNC[C@@H]2CC1. The van der Waals surface area contributed by atoms with Gasteiger partial charge in [-0.3, -0.25) is 4.79 Å². The van der Waals surface area contributed by atoms with Crippen molar-refractivity contribution in [1.82, 2.24) is 14.9 Å². The Morgan fingerprint density at radius 1 is 1.17 bits per heavy atom. The second-order valence-electron chi connectivity index (χ2n) is 6.74. The molecule has 2 N–H and O–H groups in total. The molecule has 2 saturated heterocycles. The van der Waals surface area contributed by atoms with Gasteiger partial charge in [0.05, 0.1) is 10.9 Å². The molecule has 132 valence electrons. The molecular weight excluding hydrogens is 326 g/mol. The molecule has 3 atom stereocenters. The highest BCUT2D eigenvalue weighted by Gasteiger charge is 2.33. The highest BCUT2D eigenvalue weighted by atomic mass is 32.2. The molecule has 6 nitrogen and oxygen atoms in total. The Labute approximate surface area is 143 Å². The van der Waals surface area contributed by atoms with Crippen LogP contribution in [0.2, 0.25) is 0 Å². The molecule has 0 bridgehead atoms. The van der Waals surface area contributed by atoms with Crippen molar-refractivity contribution in [2.24, 2.45) is 11.8 Å². The number of hydrogen-bond donors (Lipinski definition) is 2. The van der Waals surface area contributed by atoms with E-state index < -0.39 is 16.1 Å². The summed E-state index contributed by atoms with van der Waals surface area (Å²) in [7, 11) is -3.67. The highest BCUT2D eigenvalue weighted by Crippen LogP contribution is 2.27. The molecule has 24 heavy (non-hydrogen) atoms. The van der Waals surface area contributed by atoms with E-state index in [9.17, 15) is 13.2 Å². The zero-order chi connectivity index (χ0) is 17.2. The second kappa shape index (κ2) is 7.21. The number of fused-ring (bicyclic) bond motifs is 1. The van der Waals surface area contributed by atoms with E-state index >= 15 is 0 Å². The zero-order valence-electron chi connectivity index (χ0n) is 13.9. The molecule has 0 radical (unpaired) electrons. The summed E-state index contributed by atoms with van der Waals surface area (Å²) >= 11 is 0. The molecule has 3 rings (SSSR count). The van der Waals surface area contributed by atoms with Crippen LogP contribution in [0.3, 0.4) is 0 Å². The molecule has 2 fully saturated rings. The van der Waals surface area contributed by atoms with Gasteiger partial charge < -0.3 is 10.2 Å². The first kappa shape index (κ1) is 17.4. The van der Waals surface area contributed by atoms with Gasteiger partial charge in [-0.2, -0.15) is 4.72 Å². The molecule has 1 aromatic carbocycles. The smallest absolute Gasteiger partial charge is 0.241 e. The van der Waals surface area contributed by atoms with Gasteiger partial charge in [-0.15, -0.1) is 0 Å². The minimum absolute atomic E-state index is 0.137. The number of benzene rings is 1. The number of rotatable bonds is 4. The van der Waals surface area contributed by atoms with Crippen molar-refractivity contribution in [3.8, 4) is 0 Å². The van der Waals surface area contributed by atoms with Gasteiger partial charge >= 0.3 is 0 Å². The van der Waals surface area contributed by atoms with Crippen molar-refractivity contribution < 1.29 is 13.2 Å². The van der Waals surface area contributed by atoms with Crippen molar-refractivity contribution in [3.63, 3.8) is 0 Å². The van der Waals surface area contributed by atoms with Gasteiger partial charge in [0, 0.05) is 13.1 Å². The first-order valence-corrected chi connectivity index (χ1v) is 10.0. The van der Waals surface area contributed by atoms with Crippen LogP contribution in [0.1, 0.15) is 19.8 Å². The number of amides is 1. The van der Waals surface area contributed by atoms with Crippen LogP contribution in [-0.2, 0) is 14.8 Å². The summed E-state index contributed by atoms with van der Waals surface area (Å²) in [6.07, 6.45) is 1.98. The van der Waals surface area contributed by atoms with Gasteiger partial charge in [0.2, 0.25) is 15.9 Å². The number of likely N-dealkylation sites (tertiary alicyclic amines) is 1. The van der Waals surface area contributed by atoms with Crippen LogP contribution in [0.25, 0.3) is 0 Å². The van der Waals surface area contributed by atoms with Gasteiger partial charge in [0.15, 0.2) is 0 Å².